The van der Waals surface area contributed by atoms with Crippen LogP contribution >= 0.6 is 27.5 Å². The van der Waals surface area contributed by atoms with Gasteiger partial charge < -0.3 is 10.1 Å². The van der Waals surface area contributed by atoms with Crippen molar-refractivity contribution in [3.05, 3.63) is 105 Å². The summed E-state index contributed by atoms with van der Waals surface area (Å²) in [6.45, 7) is 2.24. The standard InChI is InChI=1S/C25H20BrClN2O2/c1-17(20-10-6-3-7-11-20)29-25(30)21(15-28)12-19-13-22(26)24(23(27)14-19)31-16-18-8-4-2-5-9-18/h2-14,17H,16H2,1H3,(H,29,30)/b21-12-/t17-/m0/s1. The molecule has 1 amide bonds. The van der Waals surface area contributed by atoms with Crippen molar-refractivity contribution in [3.8, 4) is 11.8 Å². The summed E-state index contributed by atoms with van der Waals surface area (Å²) in [5.41, 5.74) is 2.58. The smallest absolute Gasteiger partial charge is 0.262 e. The Balaban J connectivity index is 1.74. The van der Waals surface area contributed by atoms with Crippen LogP contribution in [0, 0.1) is 11.3 Å². The summed E-state index contributed by atoms with van der Waals surface area (Å²) in [6, 6.07) is 24.5. The van der Waals surface area contributed by atoms with E-state index in [2.05, 4.69) is 21.2 Å². The van der Waals surface area contributed by atoms with Gasteiger partial charge in [-0.3, -0.25) is 4.79 Å². The molecule has 6 heteroatoms. The first kappa shape index (κ1) is 22.6. The van der Waals surface area contributed by atoms with E-state index in [1.54, 1.807) is 12.1 Å². The predicted molar refractivity (Wildman–Crippen MR) is 127 cm³/mol. The van der Waals surface area contributed by atoms with Gasteiger partial charge in [0.2, 0.25) is 0 Å². The van der Waals surface area contributed by atoms with Crippen LogP contribution in [-0.2, 0) is 11.4 Å². The van der Waals surface area contributed by atoms with Crippen LogP contribution in [0.4, 0.5) is 0 Å². The average molecular weight is 496 g/mol. The highest BCUT2D eigenvalue weighted by atomic mass is 79.9. The topological polar surface area (TPSA) is 62.1 Å². The molecule has 0 bridgehead atoms. The second kappa shape index (κ2) is 10.8. The molecule has 0 saturated carbocycles. The summed E-state index contributed by atoms with van der Waals surface area (Å²) >= 11 is 9.87. The zero-order valence-electron chi connectivity index (χ0n) is 16.8. The average Bonchev–Trinajstić information content (AvgIpc) is 2.78. The fourth-order valence-electron chi connectivity index (χ4n) is 2.95. The first-order valence-electron chi connectivity index (χ1n) is 9.61. The predicted octanol–water partition coefficient (Wildman–Crippen LogP) is 6.47. The molecule has 1 N–H and O–H groups in total. The molecular weight excluding hydrogens is 476 g/mol. The first-order chi connectivity index (χ1) is 15.0. The third kappa shape index (κ3) is 6.21. The quantitative estimate of drug-likeness (QED) is 0.302. The number of hydrogen-bond donors (Lipinski definition) is 1. The molecule has 0 aromatic heterocycles. The second-order valence-electron chi connectivity index (χ2n) is 6.86. The monoisotopic (exact) mass is 494 g/mol. The Hall–Kier alpha value is -3.07. The maximum absolute atomic E-state index is 12.6. The molecule has 0 aliphatic rings. The van der Waals surface area contributed by atoms with E-state index in [9.17, 15) is 10.1 Å². The number of halogens is 2. The molecule has 0 radical (unpaired) electrons. The van der Waals surface area contributed by atoms with Gasteiger partial charge in [0.15, 0.2) is 5.75 Å². The number of carbonyl (C=O) groups excluding carboxylic acids is 1. The van der Waals surface area contributed by atoms with Crippen molar-refractivity contribution in [2.45, 2.75) is 19.6 Å². The molecule has 1 atom stereocenters. The van der Waals surface area contributed by atoms with Crippen molar-refractivity contribution in [3.63, 3.8) is 0 Å². The van der Waals surface area contributed by atoms with E-state index in [0.29, 0.717) is 27.4 Å². The highest BCUT2D eigenvalue weighted by Gasteiger charge is 2.15. The van der Waals surface area contributed by atoms with Crippen LogP contribution in [0.15, 0.2) is 82.8 Å². The minimum Gasteiger partial charge on any atom is -0.486 e. The van der Waals surface area contributed by atoms with Crippen LogP contribution in [-0.4, -0.2) is 5.91 Å². The third-order valence-electron chi connectivity index (χ3n) is 4.57. The summed E-state index contributed by atoms with van der Waals surface area (Å²) in [6.07, 6.45) is 1.50. The van der Waals surface area contributed by atoms with Crippen molar-refractivity contribution in [2.24, 2.45) is 0 Å². The number of nitriles is 1. The number of nitrogens with zero attached hydrogens (tertiary/aromatic N) is 1. The molecule has 156 valence electrons. The van der Waals surface area contributed by atoms with Gasteiger partial charge in [-0.25, -0.2) is 0 Å². The molecule has 0 unspecified atom stereocenters. The lowest BCUT2D eigenvalue weighted by Gasteiger charge is -2.14. The molecule has 4 nitrogen and oxygen atoms in total. The Morgan fingerprint density at radius 3 is 2.42 bits per heavy atom. The largest absolute Gasteiger partial charge is 0.486 e. The van der Waals surface area contributed by atoms with Crippen molar-refractivity contribution in [1.29, 1.82) is 5.26 Å². The van der Waals surface area contributed by atoms with Crippen LogP contribution in [0.3, 0.4) is 0 Å². The lowest BCUT2D eigenvalue weighted by Crippen LogP contribution is -2.27. The SMILES string of the molecule is C[C@H](NC(=O)/C(C#N)=C\c1cc(Cl)c(OCc2ccccc2)c(Br)c1)c1ccccc1. The zero-order valence-corrected chi connectivity index (χ0v) is 19.2. The van der Waals surface area contributed by atoms with E-state index in [-0.39, 0.29) is 11.6 Å². The van der Waals surface area contributed by atoms with E-state index < -0.39 is 5.91 Å². The normalized spacial score (nSPS) is 12.0. The summed E-state index contributed by atoms with van der Waals surface area (Å²) in [5.74, 6) is 0.0545. The van der Waals surface area contributed by atoms with Crippen molar-refractivity contribution in [1.82, 2.24) is 5.32 Å². The molecule has 0 saturated heterocycles. The Bertz CT molecular complexity index is 1100. The van der Waals surface area contributed by atoms with Crippen molar-refractivity contribution in [2.75, 3.05) is 0 Å². The summed E-state index contributed by atoms with van der Waals surface area (Å²) < 4.78 is 6.48. The summed E-state index contributed by atoms with van der Waals surface area (Å²) in [7, 11) is 0. The van der Waals surface area contributed by atoms with Gasteiger partial charge in [0.1, 0.15) is 18.2 Å². The molecule has 0 spiro atoms. The van der Waals surface area contributed by atoms with Crippen molar-refractivity contribution >= 4 is 39.5 Å². The Morgan fingerprint density at radius 2 is 1.81 bits per heavy atom. The number of hydrogen-bond acceptors (Lipinski definition) is 3. The fraction of sp³-hybridized carbons (Fsp3) is 0.120. The van der Waals surface area contributed by atoms with E-state index in [0.717, 1.165) is 11.1 Å². The summed E-state index contributed by atoms with van der Waals surface area (Å²) in [4.78, 5) is 12.6. The zero-order chi connectivity index (χ0) is 22.2. The van der Waals surface area contributed by atoms with Crippen LogP contribution in [0.2, 0.25) is 5.02 Å². The van der Waals surface area contributed by atoms with Crippen LogP contribution in [0.5, 0.6) is 5.75 Å². The maximum atomic E-state index is 12.6. The van der Waals surface area contributed by atoms with Gasteiger partial charge >= 0.3 is 0 Å². The van der Waals surface area contributed by atoms with Crippen molar-refractivity contribution < 1.29 is 9.53 Å². The van der Waals surface area contributed by atoms with Gasteiger partial charge in [-0.15, -0.1) is 0 Å². The lowest BCUT2D eigenvalue weighted by molar-refractivity contribution is -0.117. The number of rotatable bonds is 7. The number of carbonyl (C=O) groups is 1. The molecule has 3 aromatic carbocycles. The van der Waals surface area contributed by atoms with Gasteiger partial charge in [0, 0.05) is 0 Å². The van der Waals surface area contributed by atoms with Crippen LogP contribution in [0.25, 0.3) is 6.08 Å². The summed E-state index contributed by atoms with van der Waals surface area (Å²) in [5, 5.41) is 12.7. The van der Waals surface area contributed by atoms with Crippen LogP contribution in [0.1, 0.15) is 29.7 Å². The number of ether oxygens (including phenoxy) is 1. The minimum atomic E-state index is -0.449. The van der Waals surface area contributed by atoms with Gasteiger partial charge in [0.25, 0.3) is 5.91 Å². The maximum Gasteiger partial charge on any atom is 0.262 e. The number of benzene rings is 3. The van der Waals surface area contributed by atoms with E-state index in [1.807, 2.05) is 73.7 Å². The molecule has 0 aliphatic heterocycles. The molecule has 0 fully saturated rings. The Morgan fingerprint density at radius 1 is 1.16 bits per heavy atom. The lowest BCUT2D eigenvalue weighted by atomic mass is 10.1. The molecule has 3 rings (SSSR count). The first-order valence-corrected chi connectivity index (χ1v) is 10.8. The van der Waals surface area contributed by atoms with E-state index in [4.69, 9.17) is 16.3 Å². The molecule has 0 aliphatic carbocycles. The minimum absolute atomic E-state index is 0.0105. The van der Waals surface area contributed by atoms with E-state index in [1.165, 1.54) is 6.08 Å². The molecule has 31 heavy (non-hydrogen) atoms. The molecule has 0 heterocycles. The van der Waals surface area contributed by atoms with Gasteiger partial charge in [-0.1, -0.05) is 72.3 Å². The van der Waals surface area contributed by atoms with E-state index >= 15 is 0 Å². The Labute approximate surface area is 195 Å². The Kier molecular flexibility index (Phi) is 7.88. The fourth-order valence-corrected chi connectivity index (χ4v) is 3.93. The highest BCUT2D eigenvalue weighted by molar-refractivity contribution is 9.10. The molecular formula is C25H20BrClN2O2. The molecule has 3 aromatic rings. The number of nitrogens with one attached hydrogen (secondary N) is 1. The number of amides is 1. The van der Waals surface area contributed by atoms with Gasteiger partial charge in [0.05, 0.1) is 15.5 Å². The highest BCUT2D eigenvalue weighted by Crippen LogP contribution is 2.35. The second-order valence-corrected chi connectivity index (χ2v) is 8.13. The third-order valence-corrected chi connectivity index (χ3v) is 5.44. The van der Waals surface area contributed by atoms with Crippen LogP contribution < -0.4 is 10.1 Å². The van der Waals surface area contributed by atoms with Gasteiger partial charge in [-0.2, -0.15) is 5.26 Å². The van der Waals surface area contributed by atoms with Gasteiger partial charge in [-0.05, 0) is 57.8 Å².